The number of aryl methyl sites for hydroxylation is 2. The summed E-state index contributed by atoms with van der Waals surface area (Å²) in [5.74, 6) is -0.0422. The molecule has 0 spiro atoms. The van der Waals surface area contributed by atoms with Gasteiger partial charge in [0, 0.05) is 47.7 Å². The van der Waals surface area contributed by atoms with Crippen LogP contribution in [0.4, 0.5) is 0 Å². The monoisotopic (exact) mass is 333 g/mol. The quantitative estimate of drug-likeness (QED) is 0.552. The lowest BCUT2D eigenvalue weighted by Crippen LogP contribution is -2.24. The Kier molecular flexibility index (Phi) is 3.93. The third kappa shape index (κ3) is 3.24. The summed E-state index contributed by atoms with van der Waals surface area (Å²) in [5, 5.41) is 8.39. The van der Waals surface area contributed by atoms with Gasteiger partial charge in [0.05, 0.1) is 5.69 Å². The second-order valence-electron chi connectivity index (χ2n) is 6.19. The first-order valence-electron chi connectivity index (χ1n) is 8.35. The van der Waals surface area contributed by atoms with Crippen molar-refractivity contribution in [1.82, 2.24) is 24.9 Å². The predicted molar refractivity (Wildman–Crippen MR) is 96.7 cm³/mol. The molecule has 4 rings (SSSR count). The molecule has 1 aromatic carbocycles. The summed E-state index contributed by atoms with van der Waals surface area (Å²) >= 11 is 0. The molecule has 2 N–H and O–H groups in total. The maximum absolute atomic E-state index is 12.3. The number of amides is 1. The molecule has 0 aliphatic carbocycles. The molecular formula is C19H19N5O. The van der Waals surface area contributed by atoms with Gasteiger partial charge in [-0.3, -0.25) is 4.79 Å². The molecule has 0 aliphatic rings. The molecule has 0 radical (unpaired) electrons. The van der Waals surface area contributed by atoms with E-state index in [0.717, 1.165) is 40.6 Å². The lowest BCUT2D eigenvalue weighted by Gasteiger charge is -2.06. The maximum Gasteiger partial charge on any atom is 0.251 e. The first kappa shape index (κ1) is 15.4. The van der Waals surface area contributed by atoms with Gasteiger partial charge in [0.15, 0.2) is 5.65 Å². The molecule has 0 saturated carbocycles. The summed E-state index contributed by atoms with van der Waals surface area (Å²) in [6.07, 6.45) is 7.44. The van der Waals surface area contributed by atoms with Gasteiger partial charge >= 0.3 is 0 Å². The fourth-order valence-electron chi connectivity index (χ4n) is 2.95. The standard InChI is InChI=1S/C19H19N5O/c1-13-9-18-22-11-14(12-24(18)23-13)3-2-7-21-19(25)16-4-5-17-15(10-16)6-8-20-17/h4-6,8-12,20H,2-3,7H2,1H3,(H,21,25). The number of aromatic amines is 1. The Bertz CT molecular complexity index is 1050. The normalized spacial score (nSPS) is 11.2. The van der Waals surface area contributed by atoms with Crippen LogP contribution in [-0.4, -0.2) is 32.0 Å². The van der Waals surface area contributed by atoms with Crippen molar-refractivity contribution in [3.8, 4) is 0 Å². The van der Waals surface area contributed by atoms with E-state index in [0.29, 0.717) is 12.1 Å². The number of rotatable bonds is 5. The van der Waals surface area contributed by atoms with Crippen LogP contribution in [0.15, 0.2) is 48.9 Å². The van der Waals surface area contributed by atoms with Gasteiger partial charge in [-0.1, -0.05) is 0 Å². The third-order valence-electron chi connectivity index (χ3n) is 4.23. The molecule has 0 fully saturated rings. The molecule has 6 heteroatoms. The van der Waals surface area contributed by atoms with Gasteiger partial charge in [-0.2, -0.15) is 5.10 Å². The highest BCUT2D eigenvalue weighted by molar-refractivity contribution is 5.98. The Balaban J connectivity index is 1.32. The average molecular weight is 333 g/mol. The number of H-pyrrole nitrogens is 1. The lowest BCUT2D eigenvalue weighted by atomic mass is 10.1. The minimum Gasteiger partial charge on any atom is -0.361 e. The van der Waals surface area contributed by atoms with Gasteiger partial charge in [-0.25, -0.2) is 9.50 Å². The van der Waals surface area contributed by atoms with Crippen LogP contribution in [0.25, 0.3) is 16.6 Å². The lowest BCUT2D eigenvalue weighted by molar-refractivity contribution is 0.0953. The molecule has 1 amide bonds. The SMILES string of the molecule is Cc1cc2ncc(CCCNC(=O)c3ccc4[nH]ccc4c3)cn2n1. The van der Waals surface area contributed by atoms with Gasteiger partial charge in [-0.05, 0) is 49.6 Å². The molecule has 0 bridgehead atoms. The zero-order valence-electron chi connectivity index (χ0n) is 14.0. The average Bonchev–Trinajstić information content (AvgIpc) is 3.22. The number of hydrogen-bond acceptors (Lipinski definition) is 3. The van der Waals surface area contributed by atoms with E-state index < -0.39 is 0 Å². The van der Waals surface area contributed by atoms with E-state index in [1.54, 1.807) is 4.52 Å². The number of carbonyl (C=O) groups is 1. The van der Waals surface area contributed by atoms with Crippen LogP contribution >= 0.6 is 0 Å². The highest BCUT2D eigenvalue weighted by Gasteiger charge is 2.06. The molecule has 0 aliphatic heterocycles. The minimum absolute atomic E-state index is 0.0422. The summed E-state index contributed by atoms with van der Waals surface area (Å²) < 4.78 is 1.80. The largest absolute Gasteiger partial charge is 0.361 e. The van der Waals surface area contributed by atoms with Gasteiger partial charge in [-0.15, -0.1) is 0 Å². The van der Waals surface area contributed by atoms with Crippen molar-refractivity contribution in [1.29, 1.82) is 0 Å². The van der Waals surface area contributed by atoms with E-state index in [2.05, 4.69) is 20.4 Å². The van der Waals surface area contributed by atoms with E-state index in [4.69, 9.17) is 0 Å². The van der Waals surface area contributed by atoms with Gasteiger partial charge in [0.1, 0.15) is 0 Å². The first-order valence-corrected chi connectivity index (χ1v) is 8.35. The highest BCUT2D eigenvalue weighted by atomic mass is 16.1. The predicted octanol–water partition coefficient (Wildman–Crippen LogP) is 2.88. The van der Waals surface area contributed by atoms with Crippen LogP contribution in [0.2, 0.25) is 0 Å². The Morgan fingerprint density at radius 2 is 2.20 bits per heavy atom. The summed E-state index contributed by atoms with van der Waals surface area (Å²) in [7, 11) is 0. The van der Waals surface area contributed by atoms with Crippen molar-refractivity contribution in [2.75, 3.05) is 6.54 Å². The van der Waals surface area contributed by atoms with Crippen molar-refractivity contribution in [3.05, 3.63) is 65.7 Å². The van der Waals surface area contributed by atoms with E-state index in [1.807, 2.05) is 55.8 Å². The van der Waals surface area contributed by atoms with Crippen molar-refractivity contribution in [2.24, 2.45) is 0 Å². The molecule has 0 saturated heterocycles. The van der Waals surface area contributed by atoms with Crippen LogP contribution in [0, 0.1) is 6.92 Å². The molecule has 25 heavy (non-hydrogen) atoms. The van der Waals surface area contributed by atoms with Crippen molar-refractivity contribution in [2.45, 2.75) is 19.8 Å². The molecule has 126 valence electrons. The fourth-order valence-corrected chi connectivity index (χ4v) is 2.95. The van der Waals surface area contributed by atoms with Gasteiger partial charge in [0.2, 0.25) is 0 Å². The number of nitrogens with zero attached hydrogens (tertiary/aromatic N) is 3. The van der Waals surface area contributed by atoms with Crippen molar-refractivity contribution < 1.29 is 4.79 Å². The van der Waals surface area contributed by atoms with E-state index in [9.17, 15) is 4.79 Å². The first-order chi connectivity index (χ1) is 12.2. The number of aromatic nitrogens is 4. The molecule has 3 aromatic heterocycles. The molecule has 3 heterocycles. The summed E-state index contributed by atoms with van der Waals surface area (Å²) in [6, 6.07) is 9.58. The van der Waals surface area contributed by atoms with Crippen LogP contribution in [0.3, 0.4) is 0 Å². The Morgan fingerprint density at radius 3 is 3.12 bits per heavy atom. The fraction of sp³-hybridized carbons (Fsp3) is 0.211. The summed E-state index contributed by atoms with van der Waals surface area (Å²) in [6.45, 7) is 2.58. The number of hydrogen-bond donors (Lipinski definition) is 2. The van der Waals surface area contributed by atoms with Crippen LogP contribution in [0.5, 0.6) is 0 Å². The smallest absolute Gasteiger partial charge is 0.251 e. The van der Waals surface area contributed by atoms with Crippen molar-refractivity contribution >= 4 is 22.5 Å². The molecule has 0 unspecified atom stereocenters. The second kappa shape index (κ2) is 6.39. The third-order valence-corrected chi connectivity index (χ3v) is 4.23. The van der Waals surface area contributed by atoms with Crippen LogP contribution < -0.4 is 5.32 Å². The summed E-state index contributed by atoms with van der Waals surface area (Å²) in [4.78, 5) is 19.8. The zero-order chi connectivity index (χ0) is 17.2. The number of carbonyl (C=O) groups excluding carboxylic acids is 1. The number of benzene rings is 1. The Labute approximate surface area is 144 Å². The Hall–Kier alpha value is -3.15. The number of fused-ring (bicyclic) bond motifs is 2. The topological polar surface area (TPSA) is 75.1 Å². The Morgan fingerprint density at radius 1 is 1.28 bits per heavy atom. The molecule has 0 atom stereocenters. The highest BCUT2D eigenvalue weighted by Crippen LogP contribution is 2.14. The molecular weight excluding hydrogens is 314 g/mol. The zero-order valence-corrected chi connectivity index (χ0v) is 14.0. The van der Waals surface area contributed by atoms with E-state index >= 15 is 0 Å². The maximum atomic E-state index is 12.3. The number of nitrogens with one attached hydrogen (secondary N) is 2. The van der Waals surface area contributed by atoms with E-state index in [1.165, 1.54) is 0 Å². The van der Waals surface area contributed by atoms with Crippen molar-refractivity contribution in [3.63, 3.8) is 0 Å². The molecule has 6 nitrogen and oxygen atoms in total. The van der Waals surface area contributed by atoms with E-state index in [-0.39, 0.29) is 5.91 Å². The minimum atomic E-state index is -0.0422. The van der Waals surface area contributed by atoms with Crippen LogP contribution in [0.1, 0.15) is 28.0 Å². The van der Waals surface area contributed by atoms with Gasteiger partial charge < -0.3 is 10.3 Å². The second-order valence-corrected chi connectivity index (χ2v) is 6.19. The van der Waals surface area contributed by atoms with Crippen LogP contribution in [-0.2, 0) is 6.42 Å². The summed E-state index contributed by atoms with van der Waals surface area (Å²) in [5.41, 5.74) is 4.64. The van der Waals surface area contributed by atoms with Gasteiger partial charge in [0.25, 0.3) is 5.91 Å². The molecule has 4 aromatic rings.